The third kappa shape index (κ3) is 8.41. The molecule has 8 aromatic rings. The zero-order valence-corrected chi connectivity index (χ0v) is 48.9. The maximum absolute atomic E-state index is 7.34. The summed E-state index contributed by atoms with van der Waals surface area (Å²) in [6.45, 7) is 41.2. The Morgan fingerprint density at radius 2 is 1.29 bits per heavy atom. The van der Waals surface area contributed by atoms with Crippen LogP contribution < -0.4 is 9.64 Å². The van der Waals surface area contributed by atoms with Crippen LogP contribution in [0.3, 0.4) is 0 Å². The Morgan fingerprint density at radius 1 is 0.644 bits per heavy atom. The van der Waals surface area contributed by atoms with Gasteiger partial charge in [-0.1, -0.05) is 135 Å². The van der Waals surface area contributed by atoms with Gasteiger partial charge < -0.3 is 19.2 Å². The van der Waals surface area contributed by atoms with Crippen molar-refractivity contribution >= 4 is 33.5 Å². The third-order valence-corrected chi connectivity index (χ3v) is 16.8. The summed E-state index contributed by atoms with van der Waals surface area (Å²) in [5.41, 5.74) is 21.7. The molecule has 73 heavy (non-hydrogen) atoms. The number of amidine groups is 1. The largest absolute Gasteiger partial charge is 2.00 e. The van der Waals surface area contributed by atoms with Gasteiger partial charge in [0.15, 0.2) is 0 Å². The number of ether oxygens (including phenoxy) is 1. The van der Waals surface area contributed by atoms with Gasteiger partial charge in [0.2, 0.25) is 0 Å². The number of rotatable bonds is 8. The first kappa shape index (κ1) is 52.1. The number of aryl methyl sites for hydroxylation is 3. The van der Waals surface area contributed by atoms with E-state index >= 15 is 0 Å². The second-order valence-corrected chi connectivity index (χ2v) is 24.4. The molecule has 2 aliphatic rings. The van der Waals surface area contributed by atoms with Crippen molar-refractivity contribution in [3.05, 3.63) is 182 Å². The van der Waals surface area contributed by atoms with Gasteiger partial charge in [-0.05, 0) is 176 Å². The van der Waals surface area contributed by atoms with Gasteiger partial charge in [0.1, 0.15) is 5.65 Å². The molecule has 1 aliphatic heterocycles. The molecule has 0 fully saturated rings. The standard InChI is InChI=1S/C67H74N4O.Pt/c1-38(2)53-21-19-22-54(39(3)4)60(53)46-30-47(62-69-67(18)58-26-24-40(5)43(8)57(58)37-66(67,17)71(62)61-44(9)41(6)29-42(7)45(61)10)32-51(31-46)72-52-34-49(65(14,15)16)33-50(36-52)70-59-27-25-48(64(11,12)13)35-56(59)55-23-20-28-68-63(55)70;/h19-31,33-35,38-39H,37H2,1-18H3;/q-2;+2/t66-,67+;/m0./s1. The molecular formula is C67H74N4OPt. The molecule has 1 aliphatic carbocycles. The van der Waals surface area contributed by atoms with Crippen LogP contribution in [-0.2, 0) is 43.9 Å². The average Bonchev–Trinajstić information content (AvgIpc) is 3.86. The number of pyridine rings is 1. The number of aliphatic imine (C=N–C) groups is 1. The maximum Gasteiger partial charge on any atom is 2.00 e. The molecule has 10 rings (SSSR count). The minimum atomic E-state index is -0.551. The van der Waals surface area contributed by atoms with Crippen molar-refractivity contribution < 1.29 is 25.8 Å². The first-order chi connectivity index (χ1) is 33.8. The van der Waals surface area contributed by atoms with Gasteiger partial charge in [-0.25, -0.2) is 4.98 Å². The fraction of sp³-hybridized carbons (Fsp3) is 0.373. The minimum Gasteiger partial charge on any atom is -0.503 e. The molecule has 0 N–H and O–H groups in total. The number of hydrogen-bond acceptors (Lipinski definition) is 4. The Hall–Kier alpha value is -5.77. The molecule has 2 atom stereocenters. The van der Waals surface area contributed by atoms with Crippen LogP contribution in [0.5, 0.6) is 11.5 Å². The average molecular weight is 1150 g/mol. The molecular weight excluding hydrogens is 1070 g/mol. The van der Waals surface area contributed by atoms with Crippen molar-refractivity contribution in [2.75, 3.05) is 4.90 Å². The summed E-state index contributed by atoms with van der Waals surface area (Å²) in [7, 11) is 0. The van der Waals surface area contributed by atoms with Crippen LogP contribution in [0, 0.1) is 53.7 Å². The summed E-state index contributed by atoms with van der Waals surface area (Å²) in [5, 5.41) is 2.29. The molecule has 6 heteroatoms. The smallest absolute Gasteiger partial charge is 0.503 e. The van der Waals surface area contributed by atoms with E-state index in [2.05, 4.69) is 231 Å². The molecule has 0 unspecified atom stereocenters. The summed E-state index contributed by atoms with van der Waals surface area (Å²) < 4.78 is 9.60. The maximum atomic E-state index is 7.34. The molecule has 2 aromatic heterocycles. The van der Waals surface area contributed by atoms with Crippen LogP contribution in [0.2, 0.25) is 0 Å². The van der Waals surface area contributed by atoms with E-state index in [1.54, 1.807) is 0 Å². The molecule has 0 amide bonds. The van der Waals surface area contributed by atoms with Gasteiger partial charge in [0.05, 0.1) is 22.4 Å². The summed E-state index contributed by atoms with van der Waals surface area (Å²) in [6.07, 6.45) is 2.76. The molecule has 0 saturated heterocycles. The first-order valence-electron chi connectivity index (χ1n) is 26.3. The van der Waals surface area contributed by atoms with Crippen LogP contribution >= 0.6 is 0 Å². The Morgan fingerprint density at radius 3 is 1.92 bits per heavy atom. The van der Waals surface area contributed by atoms with E-state index in [0.29, 0.717) is 11.5 Å². The predicted octanol–water partition coefficient (Wildman–Crippen LogP) is 17.4. The number of hydrogen-bond donors (Lipinski definition) is 0. The Bertz CT molecular complexity index is 3510. The fourth-order valence-electron chi connectivity index (χ4n) is 12.0. The first-order valence-corrected chi connectivity index (χ1v) is 26.3. The van der Waals surface area contributed by atoms with E-state index in [1.807, 2.05) is 12.3 Å². The van der Waals surface area contributed by atoms with Crippen LogP contribution in [0.4, 0.5) is 5.69 Å². The molecule has 0 radical (unpaired) electrons. The van der Waals surface area contributed by atoms with Gasteiger partial charge in [-0.2, -0.15) is 0 Å². The summed E-state index contributed by atoms with van der Waals surface area (Å²) in [5.74, 6) is 2.73. The summed E-state index contributed by atoms with van der Waals surface area (Å²) >= 11 is 0. The van der Waals surface area contributed by atoms with Gasteiger partial charge in [0.25, 0.3) is 0 Å². The number of anilines is 1. The van der Waals surface area contributed by atoms with Crippen molar-refractivity contribution in [1.82, 2.24) is 9.55 Å². The summed E-state index contributed by atoms with van der Waals surface area (Å²) in [6, 6.07) is 41.6. The van der Waals surface area contributed by atoms with Crippen molar-refractivity contribution in [1.29, 1.82) is 0 Å². The Kier molecular flexibility index (Phi) is 13.0. The number of benzene rings is 6. The monoisotopic (exact) mass is 1150 g/mol. The zero-order chi connectivity index (χ0) is 51.7. The van der Waals surface area contributed by atoms with E-state index in [-0.39, 0.29) is 43.7 Å². The minimum absolute atomic E-state index is 0. The van der Waals surface area contributed by atoms with Crippen LogP contribution in [0.15, 0.2) is 102 Å². The second-order valence-electron chi connectivity index (χ2n) is 24.4. The van der Waals surface area contributed by atoms with E-state index in [4.69, 9.17) is 14.7 Å². The molecule has 3 heterocycles. The number of fused-ring (bicyclic) bond motifs is 6. The van der Waals surface area contributed by atoms with Gasteiger partial charge in [0, 0.05) is 34.2 Å². The second kappa shape index (κ2) is 18.3. The SMILES string of the molecule is Cc1ccc2c(c1C)C[C@]1(C)N(c3c(C)c(C)cc(C)c3C)C(c3[c-]c(Oc4[c-]c(-n5c6ccc(C(C)(C)C)cc6c6cccnc65)cc(C(C)(C)C)c4)cc(-c4c(C(C)C)cccc4C(C)C)c3)=N[C@]21C.[Pt+2]. The summed E-state index contributed by atoms with van der Waals surface area (Å²) in [4.78, 5) is 13.7. The van der Waals surface area contributed by atoms with Gasteiger partial charge >= 0.3 is 21.1 Å². The number of aromatic nitrogens is 2. The van der Waals surface area contributed by atoms with Gasteiger partial charge in [-0.15, -0.1) is 35.4 Å². The van der Waals surface area contributed by atoms with Crippen molar-refractivity contribution in [2.45, 2.75) is 165 Å². The van der Waals surface area contributed by atoms with Crippen molar-refractivity contribution in [3.63, 3.8) is 0 Å². The fourth-order valence-corrected chi connectivity index (χ4v) is 12.0. The van der Waals surface area contributed by atoms with Crippen LogP contribution in [0.25, 0.3) is 38.8 Å². The molecule has 6 aromatic carbocycles. The quantitative estimate of drug-likeness (QED) is 0.142. The number of nitrogens with zero attached hydrogens (tertiary/aromatic N) is 4. The van der Waals surface area contributed by atoms with Crippen LogP contribution in [-0.4, -0.2) is 20.9 Å². The Labute approximate surface area is 450 Å². The van der Waals surface area contributed by atoms with E-state index in [9.17, 15) is 0 Å². The van der Waals surface area contributed by atoms with E-state index in [1.165, 1.54) is 77.8 Å². The Balaban J connectivity index is 0.00000656. The zero-order valence-electron chi connectivity index (χ0n) is 46.6. The van der Waals surface area contributed by atoms with Crippen molar-refractivity contribution in [3.8, 4) is 28.3 Å². The normalized spacial score (nSPS) is 17.7. The van der Waals surface area contributed by atoms with E-state index < -0.39 is 11.1 Å². The van der Waals surface area contributed by atoms with Crippen LogP contribution in [0.1, 0.15) is 167 Å². The molecule has 378 valence electrons. The van der Waals surface area contributed by atoms with Crippen molar-refractivity contribution in [2.24, 2.45) is 4.99 Å². The van der Waals surface area contributed by atoms with E-state index in [0.717, 1.165) is 51.2 Å². The molecule has 5 nitrogen and oxygen atoms in total. The topological polar surface area (TPSA) is 42.6 Å². The molecule has 0 spiro atoms. The predicted molar refractivity (Wildman–Crippen MR) is 304 cm³/mol. The molecule has 0 bridgehead atoms. The molecule has 0 saturated carbocycles. The van der Waals surface area contributed by atoms with Gasteiger partial charge in [-0.3, -0.25) is 0 Å². The third-order valence-electron chi connectivity index (χ3n) is 16.8.